The van der Waals surface area contributed by atoms with Gasteiger partial charge in [-0.05, 0) is 37.8 Å². The van der Waals surface area contributed by atoms with Gasteiger partial charge in [-0.3, -0.25) is 9.78 Å². The number of amides is 1. The fourth-order valence-electron chi connectivity index (χ4n) is 3.83. The van der Waals surface area contributed by atoms with Crippen molar-refractivity contribution in [3.63, 3.8) is 0 Å². The Kier molecular flexibility index (Phi) is 5.24. The van der Waals surface area contributed by atoms with Crippen LogP contribution in [0.15, 0.2) is 29.0 Å². The second kappa shape index (κ2) is 7.95. The molecule has 4 rings (SSSR count). The van der Waals surface area contributed by atoms with Gasteiger partial charge in [0.15, 0.2) is 0 Å². The van der Waals surface area contributed by atoms with E-state index in [0.29, 0.717) is 24.2 Å². The fourth-order valence-corrected chi connectivity index (χ4v) is 3.83. The van der Waals surface area contributed by atoms with Crippen LogP contribution in [0.25, 0.3) is 11.4 Å². The molecule has 1 amide bonds. The summed E-state index contributed by atoms with van der Waals surface area (Å²) < 4.78 is 11.2. The molecule has 138 valence electrons. The second-order valence-electron chi connectivity index (χ2n) is 7.09. The highest BCUT2D eigenvalue weighted by Crippen LogP contribution is 2.28. The van der Waals surface area contributed by atoms with Crippen LogP contribution in [0.5, 0.6) is 0 Å². The van der Waals surface area contributed by atoms with Gasteiger partial charge in [0.1, 0.15) is 6.61 Å². The van der Waals surface area contributed by atoms with Crippen LogP contribution in [0.1, 0.15) is 44.4 Å². The van der Waals surface area contributed by atoms with E-state index in [4.69, 9.17) is 9.26 Å². The highest BCUT2D eigenvalue weighted by molar-refractivity contribution is 5.79. The minimum absolute atomic E-state index is 0.0328. The summed E-state index contributed by atoms with van der Waals surface area (Å²) in [5.74, 6) is 1.53. The molecule has 1 unspecified atom stereocenters. The van der Waals surface area contributed by atoms with Gasteiger partial charge < -0.3 is 14.2 Å². The van der Waals surface area contributed by atoms with Gasteiger partial charge in [-0.2, -0.15) is 4.98 Å². The highest BCUT2D eigenvalue weighted by atomic mass is 16.5. The van der Waals surface area contributed by atoms with Gasteiger partial charge in [0, 0.05) is 37.0 Å². The molecule has 7 heteroatoms. The Hall–Kier alpha value is -2.28. The summed E-state index contributed by atoms with van der Waals surface area (Å²) in [5.41, 5.74) is 0.862. The van der Waals surface area contributed by atoms with Crippen LogP contribution in [-0.2, 0) is 16.1 Å². The van der Waals surface area contributed by atoms with E-state index in [1.807, 2.05) is 17.0 Å². The number of carbonyl (C=O) groups is 1. The van der Waals surface area contributed by atoms with Crippen LogP contribution in [0.2, 0.25) is 0 Å². The molecule has 2 aliphatic rings. The van der Waals surface area contributed by atoms with Crippen LogP contribution >= 0.6 is 0 Å². The maximum atomic E-state index is 12.6. The van der Waals surface area contributed by atoms with E-state index in [2.05, 4.69) is 15.1 Å². The molecular formula is C19H24N4O3. The lowest BCUT2D eigenvalue weighted by Gasteiger charge is -2.34. The molecule has 2 aromatic heterocycles. The van der Waals surface area contributed by atoms with Crippen LogP contribution in [0.4, 0.5) is 0 Å². The van der Waals surface area contributed by atoms with Crippen molar-refractivity contribution in [2.24, 2.45) is 5.92 Å². The molecule has 2 aromatic rings. The molecule has 0 spiro atoms. The maximum Gasteiger partial charge on any atom is 0.252 e. The van der Waals surface area contributed by atoms with E-state index in [9.17, 15) is 4.79 Å². The van der Waals surface area contributed by atoms with E-state index >= 15 is 0 Å². The van der Waals surface area contributed by atoms with Gasteiger partial charge in [0.05, 0.1) is 6.10 Å². The van der Waals surface area contributed by atoms with Gasteiger partial charge in [-0.15, -0.1) is 0 Å². The lowest BCUT2D eigenvalue weighted by atomic mass is 10.0. The smallest absolute Gasteiger partial charge is 0.252 e. The molecule has 1 saturated heterocycles. The summed E-state index contributed by atoms with van der Waals surface area (Å²) in [4.78, 5) is 22.9. The number of rotatable bonds is 5. The quantitative estimate of drug-likeness (QED) is 0.819. The van der Waals surface area contributed by atoms with E-state index in [-0.39, 0.29) is 18.6 Å². The molecule has 26 heavy (non-hydrogen) atoms. The fraction of sp³-hybridized carbons (Fsp3) is 0.579. The van der Waals surface area contributed by atoms with Crippen molar-refractivity contribution >= 4 is 5.91 Å². The van der Waals surface area contributed by atoms with E-state index in [1.54, 1.807) is 12.4 Å². The summed E-state index contributed by atoms with van der Waals surface area (Å²) in [6.07, 6.45) is 9.81. The predicted octanol–water partition coefficient (Wildman–Crippen LogP) is 2.83. The number of carbonyl (C=O) groups excluding carboxylic acids is 1. The maximum absolute atomic E-state index is 12.6. The summed E-state index contributed by atoms with van der Waals surface area (Å²) in [7, 11) is 0. The number of likely N-dealkylation sites (tertiary alicyclic amines) is 1. The van der Waals surface area contributed by atoms with Crippen molar-refractivity contribution in [2.45, 2.75) is 51.2 Å². The molecule has 1 saturated carbocycles. The minimum Gasteiger partial charge on any atom is -0.367 e. The van der Waals surface area contributed by atoms with Crippen molar-refractivity contribution in [3.05, 3.63) is 30.4 Å². The van der Waals surface area contributed by atoms with Crippen molar-refractivity contribution in [1.82, 2.24) is 20.0 Å². The van der Waals surface area contributed by atoms with Crippen molar-refractivity contribution in [3.8, 4) is 11.4 Å². The normalized spacial score (nSPS) is 21.2. The van der Waals surface area contributed by atoms with Crippen LogP contribution < -0.4 is 0 Å². The summed E-state index contributed by atoms with van der Waals surface area (Å²) >= 11 is 0. The first-order chi connectivity index (χ1) is 12.8. The minimum atomic E-state index is 0.0328. The first-order valence-corrected chi connectivity index (χ1v) is 9.43. The lowest BCUT2D eigenvalue weighted by molar-refractivity contribution is -0.140. The molecular weight excluding hydrogens is 332 g/mol. The molecule has 0 bridgehead atoms. The van der Waals surface area contributed by atoms with E-state index in [0.717, 1.165) is 37.8 Å². The molecule has 1 aliphatic heterocycles. The average Bonchev–Trinajstić information content (AvgIpc) is 3.39. The SMILES string of the molecule is O=C(C1CCCC1)N1CCCC(OCc2nc(-c3ccncc3)no2)C1. The van der Waals surface area contributed by atoms with Crippen LogP contribution in [0.3, 0.4) is 0 Å². The average molecular weight is 356 g/mol. The van der Waals surface area contributed by atoms with Gasteiger partial charge >= 0.3 is 0 Å². The van der Waals surface area contributed by atoms with Crippen molar-refractivity contribution < 1.29 is 14.1 Å². The number of piperidine rings is 1. The third-order valence-electron chi connectivity index (χ3n) is 5.24. The molecule has 2 fully saturated rings. The van der Waals surface area contributed by atoms with Crippen LogP contribution in [0, 0.1) is 5.92 Å². The summed E-state index contributed by atoms with van der Waals surface area (Å²) in [6.45, 7) is 1.79. The van der Waals surface area contributed by atoms with Gasteiger partial charge in [0.2, 0.25) is 11.7 Å². The second-order valence-corrected chi connectivity index (χ2v) is 7.09. The highest BCUT2D eigenvalue weighted by Gasteiger charge is 2.31. The zero-order valence-corrected chi connectivity index (χ0v) is 14.8. The molecule has 1 atom stereocenters. The Bertz CT molecular complexity index is 727. The number of hydrogen-bond acceptors (Lipinski definition) is 6. The Morgan fingerprint density at radius 2 is 2.00 bits per heavy atom. The van der Waals surface area contributed by atoms with Gasteiger partial charge in [-0.25, -0.2) is 0 Å². The molecule has 0 radical (unpaired) electrons. The number of nitrogens with zero attached hydrogens (tertiary/aromatic N) is 4. The van der Waals surface area contributed by atoms with Crippen molar-refractivity contribution in [1.29, 1.82) is 0 Å². The standard InChI is InChI=1S/C19H24N4O3/c24-19(15-4-1-2-5-15)23-11-3-6-16(12-23)25-13-17-21-18(22-26-17)14-7-9-20-10-8-14/h7-10,15-16H,1-6,11-13H2. The van der Waals surface area contributed by atoms with Gasteiger partial charge in [-0.1, -0.05) is 18.0 Å². The van der Waals surface area contributed by atoms with Crippen LogP contribution in [-0.4, -0.2) is 45.1 Å². The van der Waals surface area contributed by atoms with E-state index in [1.165, 1.54) is 12.8 Å². The third-order valence-corrected chi connectivity index (χ3v) is 5.24. The number of pyridine rings is 1. The Morgan fingerprint density at radius 3 is 2.81 bits per heavy atom. The van der Waals surface area contributed by atoms with E-state index < -0.39 is 0 Å². The van der Waals surface area contributed by atoms with Crippen molar-refractivity contribution in [2.75, 3.05) is 13.1 Å². The first-order valence-electron chi connectivity index (χ1n) is 9.43. The molecule has 0 N–H and O–H groups in total. The Labute approximate surface area is 152 Å². The number of hydrogen-bond donors (Lipinski definition) is 0. The number of ether oxygens (including phenoxy) is 1. The zero-order chi connectivity index (χ0) is 17.8. The Balaban J connectivity index is 1.30. The molecule has 3 heterocycles. The topological polar surface area (TPSA) is 81.4 Å². The zero-order valence-electron chi connectivity index (χ0n) is 14.8. The Morgan fingerprint density at radius 1 is 1.19 bits per heavy atom. The van der Waals surface area contributed by atoms with Gasteiger partial charge in [0.25, 0.3) is 5.89 Å². The molecule has 7 nitrogen and oxygen atoms in total. The molecule has 1 aliphatic carbocycles. The number of aromatic nitrogens is 3. The monoisotopic (exact) mass is 356 g/mol. The molecule has 0 aromatic carbocycles. The third kappa shape index (κ3) is 3.93. The summed E-state index contributed by atoms with van der Waals surface area (Å²) in [5, 5.41) is 3.99. The largest absolute Gasteiger partial charge is 0.367 e. The summed E-state index contributed by atoms with van der Waals surface area (Å²) in [6, 6.07) is 3.67. The lowest BCUT2D eigenvalue weighted by Crippen LogP contribution is -2.45. The predicted molar refractivity (Wildman–Crippen MR) is 93.9 cm³/mol. The first kappa shape index (κ1) is 17.1.